The summed E-state index contributed by atoms with van der Waals surface area (Å²) in [6.07, 6.45) is 1.63. The van der Waals surface area contributed by atoms with E-state index in [2.05, 4.69) is 82.8 Å². The number of hydrogen-bond acceptors (Lipinski definition) is 8. The molecule has 0 aromatic heterocycles. The van der Waals surface area contributed by atoms with Crippen LogP contribution in [0.15, 0.2) is 41.4 Å². The van der Waals surface area contributed by atoms with Gasteiger partial charge in [-0.15, -0.1) is 0 Å². The molecular formula is C32H43BN2O5S. The third-order valence-corrected chi connectivity index (χ3v) is 9.93. The number of carbonyl (C=O) groups excluding carboxylic acids is 1. The Hall–Kier alpha value is -2.49. The van der Waals surface area contributed by atoms with Crippen LogP contribution in [0.3, 0.4) is 0 Å². The van der Waals surface area contributed by atoms with Gasteiger partial charge in [-0.3, -0.25) is 9.79 Å². The maximum atomic E-state index is 12.1. The largest absolute Gasteiger partial charge is 0.494 e. The molecule has 3 heterocycles. The number of carbonyl (C=O) groups is 1. The van der Waals surface area contributed by atoms with Crippen molar-refractivity contribution in [2.75, 3.05) is 25.4 Å². The fraction of sp³-hybridized carbons (Fsp3) is 0.562. The minimum Gasteiger partial charge on any atom is -0.489 e. The second-order valence-electron chi connectivity index (χ2n) is 12.4. The number of likely N-dealkylation sites (tertiary alicyclic amines) is 1. The monoisotopic (exact) mass is 578 g/mol. The Balaban J connectivity index is 1.24. The van der Waals surface area contributed by atoms with Crippen LogP contribution in [0.2, 0.25) is 0 Å². The zero-order valence-electron chi connectivity index (χ0n) is 25.5. The molecule has 0 bridgehead atoms. The number of nitrogens with zero attached hydrogens (tertiary/aromatic N) is 2. The molecule has 0 amide bonds. The highest BCUT2D eigenvalue weighted by Crippen LogP contribution is 2.39. The second-order valence-corrected chi connectivity index (χ2v) is 13.3. The smallest absolute Gasteiger partial charge is 0.489 e. The third kappa shape index (κ3) is 6.47. The van der Waals surface area contributed by atoms with Crippen LogP contribution in [-0.4, -0.2) is 59.8 Å². The Kier molecular flexibility index (Phi) is 8.79. The molecule has 0 saturated carbocycles. The van der Waals surface area contributed by atoms with Crippen LogP contribution in [0.5, 0.6) is 5.75 Å². The molecule has 5 rings (SSSR count). The Morgan fingerprint density at radius 3 is 2.44 bits per heavy atom. The van der Waals surface area contributed by atoms with Gasteiger partial charge in [0.1, 0.15) is 12.4 Å². The highest BCUT2D eigenvalue weighted by molar-refractivity contribution is 8.14. The van der Waals surface area contributed by atoms with Gasteiger partial charge in [0, 0.05) is 24.4 Å². The maximum Gasteiger partial charge on any atom is 0.494 e. The van der Waals surface area contributed by atoms with E-state index < -0.39 is 0 Å². The quantitative estimate of drug-likeness (QED) is 0.313. The highest BCUT2D eigenvalue weighted by Gasteiger charge is 2.51. The first-order valence-electron chi connectivity index (χ1n) is 14.8. The summed E-state index contributed by atoms with van der Waals surface area (Å²) < 4.78 is 24.2. The molecule has 0 radical (unpaired) electrons. The zero-order chi connectivity index (χ0) is 29.4. The van der Waals surface area contributed by atoms with E-state index in [0.717, 1.165) is 64.8 Å². The molecule has 0 spiro atoms. The molecule has 2 aromatic carbocycles. The van der Waals surface area contributed by atoms with Crippen LogP contribution in [-0.2, 0) is 25.4 Å². The standard InChI is InChI=1S/C32H43BN2O5S/c1-8-37-29(36)23-13-15-35(16-14-23)30-34-27(20-41-30)26-17-21(2)9-12-28(26)38-19-24-10-11-25(18-22(24)3)33-39-31(4,5)32(6,7)40-33/h9-12,17-18,23,27H,8,13-16,19-20H2,1-7H3. The molecule has 7 nitrogen and oxygen atoms in total. The molecule has 2 saturated heterocycles. The third-order valence-electron chi connectivity index (χ3n) is 8.82. The van der Waals surface area contributed by atoms with Gasteiger partial charge >= 0.3 is 13.1 Å². The fourth-order valence-corrected chi connectivity index (χ4v) is 6.61. The molecule has 220 valence electrons. The van der Waals surface area contributed by atoms with Crippen LogP contribution in [0.1, 0.15) is 75.8 Å². The van der Waals surface area contributed by atoms with Gasteiger partial charge < -0.3 is 23.7 Å². The summed E-state index contributed by atoms with van der Waals surface area (Å²) >= 11 is 1.80. The number of amidine groups is 1. The molecule has 1 atom stereocenters. The molecule has 0 aliphatic carbocycles. The predicted molar refractivity (Wildman–Crippen MR) is 166 cm³/mol. The summed E-state index contributed by atoms with van der Waals surface area (Å²) in [6.45, 7) is 17.0. The molecule has 2 aromatic rings. The van der Waals surface area contributed by atoms with E-state index in [1.165, 1.54) is 5.56 Å². The van der Waals surface area contributed by atoms with Crippen molar-refractivity contribution in [1.29, 1.82) is 0 Å². The van der Waals surface area contributed by atoms with E-state index in [-0.39, 0.29) is 36.2 Å². The number of hydrogen-bond donors (Lipinski definition) is 0. The first-order chi connectivity index (χ1) is 19.5. The van der Waals surface area contributed by atoms with E-state index in [1.807, 2.05) is 6.92 Å². The summed E-state index contributed by atoms with van der Waals surface area (Å²) in [7, 11) is -0.375. The average Bonchev–Trinajstić information content (AvgIpc) is 3.50. The summed E-state index contributed by atoms with van der Waals surface area (Å²) in [5.41, 5.74) is 4.89. The van der Waals surface area contributed by atoms with Crippen molar-refractivity contribution in [2.45, 2.75) is 85.2 Å². The van der Waals surface area contributed by atoms with Crippen LogP contribution in [0, 0.1) is 19.8 Å². The van der Waals surface area contributed by atoms with Crippen molar-refractivity contribution in [2.24, 2.45) is 10.9 Å². The first kappa shape index (κ1) is 30.0. The Bertz CT molecular complexity index is 1290. The van der Waals surface area contributed by atoms with E-state index in [0.29, 0.717) is 13.2 Å². The number of piperidine rings is 1. The maximum absolute atomic E-state index is 12.1. The number of aliphatic imine (C=N–C) groups is 1. The first-order valence-corrected chi connectivity index (χ1v) is 15.8. The number of rotatable bonds is 7. The number of esters is 1. The van der Waals surface area contributed by atoms with Crippen LogP contribution < -0.4 is 10.2 Å². The summed E-state index contributed by atoms with van der Waals surface area (Å²) in [6, 6.07) is 12.8. The molecule has 2 fully saturated rings. The van der Waals surface area contributed by atoms with Crippen LogP contribution in [0.25, 0.3) is 0 Å². The van der Waals surface area contributed by atoms with Crippen LogP contribution >= 0.6 is 11.8 Å². The zero-order valence-corrected chi connectivity index (χ0v) is 26.3. The lowest BCUT2D eigenvalue weighted by Crippen LogP contribution is -2.41. The topological polar surface area (TPSA) is 69.6 Å². The molecule has 0 N–H and O–H groups in total. The highest BCUT2D eigenvalue weighted by atomic mass is 32.2. The Labute approximate surface area is 249 Å². The minimum atomic E-state index is -0.375. The van der Waals surface area contributed by atoms with Crippen molar-refractivity contribution in [3.05, 3.63) is 58.7 Å². The summed E-state index contributed by atoms with van der Waals surface area (Å²) in [4.78, 5) is 19.6. The van der Waals surface area contributed by atoms with Gasteiger partial charge in [0.05, 0.1) is 29.8 Å². The minimum absolute atomic E-state index is 0.000188. The van der Waals surface area contributed by atoms with E-state index in [4.69, 9.17) is 23.8 Å². The van der Waals surface area contributed by atoms with Crippen molar-refractivity contribution in [3.63, 3.8) is 0 Å². The van der Waals surface area contributed by atoms with Gasteiger partial charge in [-0.05, 0) is 84.0 Å². The lowest BCUT2D eigenvalue weighted by molar-refractivity contribution is -0.149. The van der Waals surface area contributed by atoms with Gasteiger partial charge in [0.2, 0.25) is 0 Å². The number of aryl methyl sites for hydroxylation is 2. The van der Waals surface area contributed by atoms with Crippen molar-refractivity contribution in [1.82, 2.24) is 4.90 Å². The summed E-state index contributed by atoms with van der Waals surface area (Å²) in [5.74, 6) is 1.70. The molecule has 1 unspecified atom stereocenters. The van der Waals surface area contributed by atoms with Gasteiger partial charge in [0.15, 0.2) is 5.17 Å². The molecule has 3 aliphatic heterocycles. The summed E-state index contributed by atoms with van der Waals surface area (Å²) in [5, 5.41) is 1.07. The lowest BCUT2D eigenvalue weighted by Gasteiger charge is -2.32. The van der Waals surface area contributed by atoms with Crippen molar-refractivity contribution < 1.29 is 23.6 Å². The number of benzene rings is 2. The van der Waals surface area contributed by atoms with Crippen molar-refractivity contribution in [3.8, 4) is 5.75 Å². The SMILES string of the molecule is CCOC(=O)C1CCN(C2=NC(c3cc(C)ccc3OCc3ccc(B4OC(C)(C)C(C)(C)O4)cc3C)CS2)CC1. The predicted octanol–water partition coefficient (Wildman–Crippen LogP) is 5.60. The van der Waals surface area contributed by atoms with Crippen molar-refractivity contribution >= 4 is 35.5 Å². The normalized spacial score (nSPS) is 22.1. The molecule has 9 heteroatoms. The Morgan fingerprint density at radius 2 is 1.78 bits per heavy atom. The number of thioether (sulfide) groups is 1. The van der Waals surface area contributed by atoms with Crippen LogP contribution in [0.4, 0.5) is 0 Å². The lowest BCUT2D eigenvalue weighted by atomic mass is 9.78. The van der Waals surface area contributed by atoms with Gasteiger partial charge in [-0.25, -0.2) is 0 Å². The molecular weight excluding hydrogens is 535 g/mol. The van der Waals surface area contributed by atoms with Gasteiger partial charge in [-0.2, -0.15) is 0 Å². The van der Waals surface area contributed by atoms with E-state index in [9.17, 15) is 4.79 Å². The Morgan fingerprint density at radius 1 is 1.07 bits per heavy atom. The molecule has 41 heavy (non-hydrogen) atoms. The fourth-order valence-electron chi connectivity index (χ4n) is 5.48. The van der Waals surface area contributed by atoms with E-state index >= 15 is 0 Å². The molecule has 3 aliphatic rings. The van der Waals surface area contributed by atoms with Gasteiger partial charge in [-0.1, -0.05) is 47.7 Å². The second kappa shape index (κ2) is 12.0. The van der Waals surface area contributed by atoms with E-state index in [1.54, 1.807) is 11.8 Å². The van der Waals surface area contributed by atoms with Gasteiger partial charge in [0.25, 0.3) is 0 Å². The number of ether oxygens (including phenoxy) is 2. The average molecular weight is 579 g/mol.